The van der Waals surface area contributed by atoms with E-state index < -0.39 is 20.6 Å². The first-order chi connectivity index (χ1) is 14.0. The van der Waals surface area contributed by atoms with Crippen LogP contribution in [0.2, 0.25) is 0 Å². The number of hydrogen-bond donors (Lipinski definition) is 0. The molecule has 29 heavy (non-hydrogen) atoms. The van der Waals surface area contributed by atoms with Gasteiger partial charge in [0.15, 0.2) is 5.40 Å². The molecule has 0 saturated heterocycles. The van der Waals surface area contributed by atoms with Gasteiger partial charge >= 0.3 is 15.2 Å². The highest BCUT2D eigenvalue weighted by Crippen LogP contribution is 2.79. The highest BCUT2D eigenvalue weighted by atomic mass is 31.2. The molecule has 0 atom stereocenters. The smallest absolute Gasteiger partial charge is 0.308 e. The lowest BCUT2D eigenvalue weighted by molar-refractivity contribution is 0.195. The molecule has 0 aliphatic heterocycles. The van der Waals surface area contributed by atoms with E-state index in [1.165, 1.54) is 0 Å². The molecule has 0 heterocycles. The summed E-state index contributed by atoms with van der Waals surface area (Å²) < 4.78 is 50.3. The summed E-state index contributed by atoms with van der Waals surface area (Å²) in [6, 6.07) is 17.0. The van der Waals surface area contributed by atoms with Crippen LogP contribution in [0.5, 0.6) is 0 Å². The quantitative estimate of drug-likeness (QED) is 0.335. The molecule has 2 aromatic rings. The summed E-state index contributed by atoms with van der Waals surface area (Å²) in [7, 11) is -7.79. The maximum absolute atomic E-state index is 13.9. The van der Waals surface area contributed by atoms with Crippen molar-refractivity contribution in [1.29, 1.82) is 0 Å². The molecule has 0 unspecified atom stereocenters. The molecule has 0 aliphatic rings. The van der Waals surface area contributed by atoms with Gasteiger partial charge in [-0.15, -0.1) is 0 Å². The Morgan fingerprint density at radius 3 is 1.52 bits per heavy atom. The van der Waals surface area contributed by atoms with Gasteiger partial charge in [-0.3, -0.25) is 9.13 Å². The Labute approximate surface area is 173 Å². The normalized spacial score (nSPS) is 12.4. The largest absolute Gasteiger partial charge is 0.350 e. The van der Waals surface area contributed by atoms with Crippen molar-refractivity contribution in [2.75, 3.05) is 26.4 Å². The Morgan fingerprint density at radius 1 is 0.655 bits per heavy atom. The fourth-order valence-electron chi connectivity index (χ4n) is 3.19. The van der Waals surface area contributed by atoms with Crippen molar-refractivity contribution >= 4 is 15.2 Å². The molecule has 160 valence electrons. The van der Waals surface area contributed by atoms with E-state index >= 15 is 0 Å². The lowest BCUT2D eigenvalue weighted by Crippen LogP contribution is -2.12. The lowest BCUT2D eigenvalue weighted by Gasteiger charge is -2.32. The average molecular weight is 440 g/mol. The van der Waals surface area contributed by atoms with Gasteiger partial charge in [-0.2, -0.15) is 0 Å². The second kappa shape index (κ2) is 11.2. The highest BCUT2D eigenvalue weighted by Gasteiger charge is 2.52. The Bertz CT molecular complexity index is 805. The van der Waals surface area contributed by atoms with Crippen LogP contribution in [0.4, 0.5) is 0 Å². The summed E-state index contributed by atoms with van der Waals surface area (Å²) in [5.41, 5.74) is 2.22. The zero-order valence-electron chi connectivity index (χ0n) is 17.4. The molecule has 0 N–H and O–H groups in total. The Morgan fingerprint density at radius 2 is 1.07 bits per heavy atom. The molecule has 0 radical (unpaired) electrons. The molecule has 0 aromatic heterocycles. The van der Waals surface area contributed by atoms with Crippen molar-refractivity contribution in [3.63, 3.8) is 0 Å². The van der Waals surface area contributed by atoms with E-state index in [0.717, 1.165) is 11.1 Å². The van der Waals surface area contributed by atoms with E-state index in [9.17, 15) is 9.13 Å². The van der Waals surface area contributed by atoms with Crippen molar-refractivity contribution in [1.82, 2.24) is 0 Å². The second-order valence-corrected chi connectivity index (χ2v) is 10.7. The summed E-state index contributed by atoms with van der Waals surface area (Å²) in [5, 5.41) is -1.20. The topological polar surface area (TPSA) is 71.1 Å². The molecule has 0 saturated carbocycles. The molecule has 0 amide bonds. The monoisotopic (exact) mass is 440 g/mol. The molecule has 8 heteroatoms. The summed E-state index contributed by atoms with van der Waals surface area (Å²) in [5.74, 6) is 0. The number of rotatable bonds is 12. The molecule has 0 bridgehead atoms. The SMILES string of the molecule is CCOP(=O)(OCC)C(c1ccccc1-c1ccccc1)P(=O)(OCC)OCC. The van der Waals surface area contributed by atoms with Crippen LogP contribution in [-0.4, -0.2) is 26.4 Å². The first-order valence-electron chi connectivity index (χ1n) is 9.87. The number of benzene rings is 2. The zero-order valence-corrected chi connectivity index (χ0v) is 19.2. The van der Waals surface area contributed by atoms with Crippen molar-refractivity contribution < 1.29 is 27.2 Å². The van der Waals surface area contributed by atoms with Gasteiger partial charge in [0.2, 0.25) is 0 Å². The van der Waals surface area contributed by atoms with Crippen molar-refractivity contribution in [2.45, 2.75) is 33.1 Å². The summed E-state index contributed by atoms with van der Waals surface area (Å²) >= 11 is 0. The van der Waals surface area contributed by atoms with E-state index in [0.29, 0.717) is 5.56 Å². The van der Waals surface area contributed by atoms with Crippen LogP contribution in [0.15, 0.2) is 54.6 Å². The molecular weight excluding hydrogens is 410 g/mol. The van der Waals surface area contributed by atoms with Gasteiger partial charge in [0, 0.05) is 0 Å². The molecular formula is C21H30O6P2. The van der Waals surface area contributed by atoms with E-state index in [1.807, 2.05) is 42.5 Å². The molecule has 2 aromatic carbocycles. The third-order valence-electron chi connectivity index (χ3n) is 4.16. The summed E-state index contributed by atoms with van der Waals surface area (Å²) in [4.78, 5) is 0. The first-order valence-corrected chi connectivity index (χ1v) is 13.1. The van der Waals surface area contributed by atoms with Gasteiger partial charge in [0.05, 0.1) is 26.4 Å². The van der Waals surface area contributed by atoms with Gasteiger partial charge in [0.25, 0.3) is 0 Å². The first kappa shape index (κ1) is 24.0. The standard InChI is InChI=1S/C21H30O6P2/c1-5-24-28(22,25-6-2)21(29(23,26-7-3)27-8-4)20-17-13-12-16-19(20)18-14-10-9-11-15-18/h9-17,21H,5-8H2,1-4H3. The van der Waals surface area contributed by atoms with Crippen LogP contribution in [0.25, 0.3) is 11.1 Å². The minimum absolute atomic E-state index is 0.138. The Kier molecular flexibility index (Phi) is 9.29. The summed E-state index contributed by atoms with van der Waals surface area (Å²) in [6.07, 6.45) is 0. The van der Waals surface area contributed by atoms with E-state index in [4.69, 9.17) is 18.1 Å². The van der Waals surface area contributed by atoms with E-state index in [2.05, 4.69) is 0 Å². The second-order valence-electron chi connectivity index (χ2n) is 6.08. The van der Waals surface area contributed by atoms with E-state index in [-0.39, 0.29) is 26.4 Å². The highest BCUT2D eigenvalue weighted by molar-refractivity contribution is 7.72. The Hall–Kier alpha value is -1.26. The van der Waals surface area contributed by atoms with Gasteiger partial charge in [0.1, 0.15) is 0 Å². The molecule has 0 fully saturated rings. The van der Waals surface area contributed by atoms with Gasteiger partial charge < -0.3 is 18.1 Å². The van der Waals surface area contributed by atoms with Crippen molar-refractivity contribution in [3.05, 3.63) is 60.2 Å². The maximum Gasteiger partial charge on any atom is 0.350 e. The third kappa shape index (κ3) is 5.67. The van der Waals surface area contributed by atoms with Crippen LogP contribution in [0.3, 0.4) is 0 Å². The summed E-state index contributed by atoms with van der Waals surface area (Å²) in [6.45, 7) is 7.44. The fraction of sp³-hybridized carbons (Fsp3) is 0.429. The molecule has 6 nitrogen and oxygen atoms in total. The van der Waals surface area contributed by atoms with Gasteiger partial charge in [-0.05, 0) is 44.4 Å². The lowest BCUT2D eigenvalue weighted by atomic mass is 10.0. The minimum atomic E-state index is -3.89. The van der Waals surface area contributed by atoms with Gasteiger partial charge in [-0.1, -0.05) is 54.6 Å². The van der Waals surface area contributed by atoms with Crippen molar-refractivity contribution in [2.24, 2.45) is 0 Å². The third-order valence-corrected chi connectivity index (χ3v) is 10.1. The van der Waals surface area contributed by atoms with Crippen LogP contribution in [0.1, 0.15) is 38.7 Å². The predicted molar refractivity (Wildman–Crippen MR) is 116 cm³/mol. The van der Waals surface area contributed by atoms with Crippen molar-refractivity contribution in [3.8, 4) is 11.1 Å². The van der Waals surface area contributed by atoms with Crippen LogP contribution in [0, 0.1) is 0 Å². The van der Waals surface area contributed by atoms with E-state index in [1.54, 1.807) is 39.8 Å². The van der Waals surface area contributed by atoms with Crippen LogP contribution >= 0.6 is 15.2 Å². The van der Waals surface area contributed by atoms with Crippen LogP contribution < -0.4 is 0 Å². The molecule has 2 rings (SSSR count). The maximum atomic E-state index is 13.9. The average Bonchev–Trinajstić information content (AvgIpc) is 2.70. The van der Waals surface area contributed by atoms with Gasteiger partial charge in [-0.25, -0.2) is 0 Å². The fourth-order valence-corrected chi connectivity index (χ4v) is 8.66. The zero-order chi connectivity index (χ0) is 21.3. The molecule has 0 aliphatic carbocycles. The predicted octanol–water partition coefficient (Wildman–Crippen LogP) is 6.88. The van der Waals surface area contributed by atoms with Crippen LogP contribution in [-0.2, 0) is 27.2 Å². The molecule has 0 spiro atoms. The minimum Gasteiger partial charge on any atom is -0.308 e. The number of hydrogen-bond acceptors (Lipinski definition) is 6. The Balaban J connectivity index is 2.78.